The van der Waals surface area contributed by atoms with Crippen LogP contribution in [0, 0.1) is 11.8 Å². The summed E-state index contributed by atoms with van der Waals surface area (Å²) in [6.07, 6.45) is 4.08. The van der Waals surface area contributed by atoms with Crippen LogP contribution in [0.15, 0.2) is 0 Å². The average molecular weight is 268 g/mol. The van der Waals surface area contributed by atoms with Crippen molar-refractivity contribution < 1.29 is 14.7 Å². The smallest absolute Gasteiger partial charge is 0.323 e. The normalized spacial score (nSPS) is 27.8. The van der Waals surface area contributed by atoms with Crippen molar-refractivity contribution in [2.45, 2.75) is 45.6 Å². The molecule has 1 N–H and O–H groups in total. The van der Waals surface area contributed by atoms with Gasteiger partial charge >= 0.3 is 12.0 Å². The van der Waals surface area contributed by atoms with Crippen LogP contribution in [0.5, 0.6) is 0 Å². The molecule has 0 radical (unpaired) electrons. The molecule has 1 saturated heterocycles. The average Bonchev–Trinajstić information content (AvgIpc) is 2.96. The van der Waals surface area contributed by atoms with Crippen molar-refractivity contribution in [3.63, 3.8) is 0 Å². The molecule has 1 aliphatic carbocycles. The second-order valence-electron chi connectivity index (χ2n) is 6.10. The van der Waals surface area contributed by atoms with Crippen LogP contribution in [0.25, 0.3) is 0 Å². The minimum atomic E-state index is -0.916. The van der Waals surface area contributed by atoms with E-state index in [1.54, 1.807) is 4.90 Å². The fourth-order valence-electron chi connectivity index (χ4n) is 3.18. The molecule has 0 aromatic carbocycles. The summed E-state index contributed by atoms with van der Waals surface area (Å²) in [5, 5.41) is 9.03. The lowest BCUT2D eigenvalue weighted by Gasteiger charge is -2.31. The van der Waals surface area contributed by atoms with E-state index in [2.05, 4.69) is 13.8 Å². The van der Waals surface area contributed by atoms with Crippen LogP contribution in [0.4, 0.5) is 4.79 Å². The molecule has 0 bridgehead atoms. The zero-order valence-corrected chi connectivity index (χ0v) is 11.8. The number of carbonyl (C=O) groups excluding carboxylic acids is 1. The number of nitrogens with zero attached hydrogens (tertiary/aromatic N) is 2. The Labute approximate surface area is 114 Å². The summed E-state index contributed by atoms with van der Waals surface area (Å²) >= 11 is 0. The van der Waals surface area contributed by atoms with E-state index in [1.807, 2.05) is 4.90 Å². The fraction of sp³-hybridized carbons (Fsp3) is 0.857. The van der Waals surface area contributed by atoms with Gasteiger partial charge in [-0.15, -0.1) is 0 Å². The van der Waals surface area contributed by atoms with Crippen LogP contribution in [0.3, 0.4) is 0 Å². The molecule has 1 saturated carbocycles. The van der Waals surface area contributed by atoms with Gasteiger partial charge in [0.05, 0.1) is 0 Å². The number of hydrogen-bond donors (Lipinski definition) is 1. The maximum absolute atomic E-state index is 12.5. The van der Waals surface area contributed by atoms with Gasteiger partial charge in [0.25, 0.3) is 0 Å². The SMILES string of the molecule is CC1CN(C(=O)N(CC(=O)O)C2CCCC2)CC1C. The number of hydrogen-bond acceptors (Lipinski definition) is 2. The molecule has 0 aromatic rings. The van der Waals surface area contributed by atoms with E-state index >= 15 is 0 Å². The summed E-state index contributed by atoms with van der Waals surface area (Å²) < 4.78 is 0. The highest BCUT2D eigenvalue weighted by Gasteiger charge is 2.36. The van der Waals surface area contributed by atoms with Crippen molar-refractivity contribution in [2.75, 3.05) is 19.6 Å². The molecule has 1 aliphatic heterocycles. The highest BCUT2D eigenvalue weighted by atomic mass is 16.4. The molecule has 2 atom stereocenters. The van der Waals surface area contributed by atoms with Gasteiger partial charge in [0.2, 0.25) is 0 Å². The number of aliphatic carboxylic acids is 1. The summed E-state index contributed by atoms with van der Waals surface area (Å²) in [4.78, 5) is 27.0. The minimum Gasteiger partial charge on any atom is -0.480 e. The minimum absolute atomic E-state index is 0.0782. The quantitative estimate of drug-likeness (QED) is 0.852. The van der Waals surface area contributed by atoms with Gasteiger partial charge in [-0.25, -0.2) is 4.79 Å². The van der Waals surface area contributed by atoms with Crippen LogP contribution in [0.1, 0.15) is 39.5 Å². The first-order valence-corrected chi connectivity index (χ1v) is 7.26. The van der Waals surface area contributed by atoms with Crippen LogP contribution in [0.2, 0.25) is 0 Å². The fourth-order valence-corrected chi connectivity index (χ4v) is 3.18. The third kappa shape index (κ3) is 3.19. The van der Waals surface area contributed by atoms with Crippen molar-refractivity contribution in [3.05, 3.63) is 0 Å². The van der Waals surface area contributed by atoms with Gasteiger partial charge in [0.1, 0.15) is 6.54 Å². The lowest BCUT2D eigenvalue weighted by atomic mass is 10.0. The Morgan fingerprint density at radius 2 is 1.68 bits per heavy atom. The molecule has 2 aliphatic rings. The van der Waals surface area contributed by atoms with Gasteiger partial charge in [-0.2, -0.15) is 0 Å². The Bertz CT molecular complexity index is 343. The molecule has 2 fully saturated rings. The van der Waals surface area contributed by atoms with Crippen molar-refractivity contribution >= 4 is 12.0 Å². The predicted octanol–water partition coefficient (Wildman–Crippen LogP) is 2.02. The summed E-state index contributed by atoms with van der Waals surface area (Å²) in [7, 11) is 0. The first-order chi connectivity index (χ1) is 8.99. The molecular formula is C14H24N2O3. The maximum Gasteiger partial charge on any atom is 0.323 e. The second-order valence-corrected chi connectivity index (χ2v) is 6.10. The molecule has 2 amide bonds. The summed E-state index contributed by atoms with van der Waals surface area (Å²) in [5.74, 6) is 0.0824. The van der Waals surface area contributed by atoms with Gasteiger partial charge in [0.15, 0.2) is 0 Å². The molecule has 5 nitrogen and oxygen atoms in total. The van der Waals surface area contributed by atoms with Gasteiger partial charge in [-0.1, -0.05) is 26.7 Å². The van der Waals surface area contributed by atoms with Gasteiger partial charge < -0.3 is 14.9 Å². The highest BCUT2D eigenvalue weighted by Crippen LogP contribution is 2.27. The molecule has 19 heavy (non-hydrogen) atoms. The molecule has 1 heterocycles. The van der Waals surface area contributed by atoms with Crippen LogP contribution < -0.4 is 0 Å². The topological polar surface area (TPSA) is 60.9 Å². The molecule has 0 spiro atoms. The largest absolute Gasteiger partial charge is 0.480 e. The number of urea groups is 1. The molecule has 2 rings (SSSR count). The number of likely N-dealkylation sites (tertiary alicyclic amines) is 1. The third-order valence-corrected chi connectivity index (χ3v) is 4.58. The molecule has 0 aromatic heterocycles. The Balaban J connectivity index is 2.04. The highest BCUT2D eigenvalue weighted by molar-refractivity contribution is 5.80. The van der Waals surface area contributed by atoms with Crippen molar-refractivity contribution in [3.8, 4) is 0 Å². The molecular weight excluding hydrogens is 244 g/mol. The van der Waals surface area contributed by atoms with E-state index in [4.69, 9.17) is 5.11 Å². The first kappa shape index (κ1) is 14.2. The zero-order valence-electron chi connectivity index (χ0n) is 11.8. The summed E-state index contributed by atoms with van der Waals surface area (Å²) in [6, 6.07) is 0.0420. The maximum atomic E-state index is 12.5. The Morgan fingerprint density at radius 1 is 1.16 bits per heavy atom. The van der Waals surface area contributed by atoms with Crippen LogP contribution in [-0.4, -0.2) is 52.6 Å². The van der Waals surface area contributed by atoms with Gasteiger partial charge in [0, 0.05) is 19.1 Å². The van der Waals surface area contributed by atoms with E-state index in [0.29, 0.717) is 11.8 Å². The number of rotatable bonds is 3. The van der Waals surface area contributed by atoms with Crippen molar-refractivity contribution in [1.29, 1.82) is 0 Å². The third-order valence-electron chi connectivity index (χ3n) is 4.58. The van der Waals surface area contributed by atoms with E-state index < -0.39 is 5.97 Å². The number of carboxylic acid groups (broad SMARTS) is 1. The van der Waals surface area contributed by atoms with Crippen molar-refractivity contribution in [1.82, 2.24) is 9.80 Å². The predicted molar refractivity (Wildman–Crippen MR) is 71.9 cm³/mol. The lowest BCUT2D eigenvalue weighted by molar-refractivity contribution is -0.138. The van der Waals surface area contributed by atoms with E-state index in [9.17, 15) is 9.59 Å². The molecule has 2 unspecified atom stereocenters. The first-order valence-electron chi connectivity index (χ1n) is 7.26. The monoisotopic (exact) mass is 268 g/mol. The number of carboxylic acids is 1. The summed E-state index contributed by atoms with van der Waals surface area (Å²) in [5.41, 5.74) is 0. The van der Waals surface area contributed by atoms with Crippen LogP contribution >= 0.6 is 0 Å². The molecule has 5 heteroatoms. The van der Waals surface area contributed by atoms with E-state index in [-0.39, 0.29) is 18.6 Å². The number of amides is 2. The summed E-state index contributed by atoms with van der Waals surface area (Å²) in [6.45, 7) is 5.64. The Hall–Kier alpha value is -1.26. The Kier molecular flexibility index (Phi) is 4.32. The molecule has 108 valence electrons. The second kappa shape index (κ2) is 5.80. The zero-order chi connectivity index (χ0) is 14.0. The van der Waals surface area contributed by atoms with Crippen molar-refractivity contribution in [2.24, 2.45) is 11.8 Å². The van der Waals surface area contributed by atoms with E-state index in [0.717, 1.165) is 38.8 Å². The lowest BCUT2D eigenvalue weighted by Crippen LogP contribution is -2.48. The van der Waals surface area contributed by atoms with Crippen LogP contribution in [-0.2, 0) is 4.79 Å². The Morgan fingerprint density at radius 3 is 2.16 bits per heavy atom. The van der Waals surface area contributed by atoms with E-state index in [1.165, 1.54) is 0 Å². The van der Waals surface area contributed by atoms with Gasteiger partial charge in [-0.3, -0.25) is 4.79 Å². The standard InChI is InChI=1S/C14H24N2O3/c1-10-7-15(8-11(10)2)14(19)16(9-13(17)18)12-5-3-4-6-12/h10-12H,3-9H2,1-2H3,(H,17,18). The number of carbonyl (C=O) groups is 2. The van der Waals surface area contributed by atoms with Gasteiger partial charge in [-0.05, 0) is 24.7 Å².